The minimum atomic E-state index is 0.0646. The highest BCUT2D eigenvalue weighted by Gasteiger charge is 2.28. The molecule has 1 saturated heterocycles. The number of rotatable bonds is 3. The molecule has 0 aliphatic carbocycles. The standard InChI is InChI=1S/C14H19ClN4O/c1-9(20)18(2)11-3-4-19(8-11)14-6-10(15)5-13(17)12(14)7-16/h5-7,11,16H,3-4,8,17H2,1-2H3. The van der Waals surface area contributed by atoms with Crippen LogP contribution in [0.4, 0.5) is 11.4 Å². The van der Waals surface area contributed by atoms with Crippen LogP contribution in [0.2, 0.25) is 5.02 Å². The van der Waals surface area contributed by atoms with Gasteiger partial charge in [-0.2, -0.15) is 0 Å². The summed E-state index contributed by atoms with van der Waals surface area (Å²) in [6, 6.07) is 3.67. The van der Waals surface area contributed by atoms with Crippen molar-refractivity contribution in [1.82, 2.24) is 4.90 Å². The first kappa shape index (κ1) is 14.7. The first-order chi connectivity index (χ1) is 9.43. The van der Waals surface area contributed by atoms with Gasteiger partial charge in [-0.15, -0.1) is 0 Å². The second kappa shape index (κ2) is 5.71. The SMILES string of the molecule is CC(=O)N(C)C1CCN(c2cc(Cl)cc(N)c2C=N)C1. The fraction of sp³-hybridized carbons (Fsp3) is 0.429. The van der Waals surface area contributed by atoms with Crippen molar-refractivity contribution >= 4 is 35.1 Å². The smallest absolute Gasteiger partial charge is 0.219 e. The highest BCUT2D eigenvalue weighted by Crippen LogP contribution is 2.32. The summed E-state index contributed by atoms with van der Waals surface area (Å²) in [7, 11) is 1.82. The summed E-state index contributed by atoms with van der Waals surface area (Å²) in [5.41, 5.74) is 7.97. The molecule has 1 aromatic carbocycles. The van der Waals surface area contributed by atoms with E-state index >= 15 is 0 Å². The minimum absolute atomic E-state index is 0.0646. The summed E-state index contributed by atoms with van der Waals surface area (Å²) >= 11 is 6.06. The van der Waals surface area contributed by atoms with E-state index < -0.39 is 0 Å². The Balaban J connectivity index is 2.26. The van der Waals surface area contributed by atoms with Crippen LogP contribution in [0.1, 0.15) is 18.9 Å². The van der Waals surface area contributed by atoms with Gasteiger partial charge in [0.15, 0.2) is 0 Å². The number of carbonyl (C=O) groups is 1. The number of carbonyl (C=O) groups excluding carboxylic acids is 1. The molecule has 1 heterocycles. The molecule has 1 unspecified atom stereocenters. The second-order valence-corrected chi connectivity index (χ2v) is 5.53. The molecule has 1 aliphatic heterocycles. The van der Waals surface area contributed by atoms with E-state index in [1.165, 1.54) is 6.21 Å². The van der Waals surface area contributed by atoms with Crippen LogP contribution in [-0.4, -0.2) is 43.2 Å². The van der Waals surface area contributed by atoms with Crippen molar-refractivity contribution in [2.75, 3.05) is 30.8 Å². The molecule has 1 amide bonds. The lowest BCUT2D eigenvalue weighted by Gasteiger charge is -2.25. The molecule has 0 spiro atoms. The van der Waals surface area contributed by atoms with Crippen LogP contribution in [0.3, 0.4) is 0 Å². The minimum Gasteiger partial charge on any atom is -0.398 e. The Bertz CT molecular complexity index is 546. The molecule has 0 aromatic heterocycles. The van der Waals surface area contributed by atoms with Crippen LogP contribution < -0.4 is 10.6 Å². The molecule has 6 heteroatoms. The van der Waals surface area contributed by atoms with Crippen molar-refractivity contribution < 1.29 is 4.79 Å². The average molecular weight is 295 g/mol. The van der Waals surface area contributed by atoms with Gasteiger partial charge < -0.3 is 20.9 Å². The molecule has 3 N–H and O–H groups in total. The molecule has 0 bridgehead atoms. The van der Waals surface area contributed by atoms with E-state index in [1.54, 1.807) is 17.9 Å². The van der Waals surface area contributed by atoms with E-state index in [1.807, 2.05) is 13.1 Å². The van der Waals surface area contributed by atoms with Gasteiger partial charge in [0.25, 0.3) is 0 Å². The number of hydrogen-bond donors (Lipinski definition) is 2. The zero-order valence-electron chi connectivity index (χ0n) is 11.7. The summed E-state index contributed by atoms with van der Waals surface area (Å²) in [6.45, 7) is 3.13. The van der Waals surface area contributed by atoms with Crippen LogP contribution in [0, 0.1) is 5.41 Å². The lowest BCUT2D eigenvalue weighted by Crippen LogP contribution is -2.37. The van der Waals surface area contributed by atoms with Crippen LogP contribution >= 0.6 is 11.6 Å². The number of hydrogen-bond acceptors (Lipinski definition) is 4. The number of anilines is 2. The van der Waals surface area contributed by atoms with Crippen LogP contribution in [0.15, 0.2) is 12.1 Å². The van der Waals surface area contributed by atoms with E-state index in [4.69, 9.17) is 22.7 Å². The quantitative estimate of drug-likeness (QED) is 0.661. The van der Waals surface area contributed by atoms with Crippen molar-refractivity contribution in [2.24, 2.45) is 0 Å². The highest BCUT2D eigenvalue weighted by molar-refractivity contribution is 6.31. The van der Waals surface area contributed by atoms with Gasteiger partial charge in [-0.25, -0.2) is 0 Å². The second-order valence-electron chi connectivity index (χ2n) is 5.09. The number of likely N-dealkylation sites (N-methyl/N-ethyl adjacent to an activating group) is 1. The normalized spacial score (nSPS) is 18.1. The molecule has 0 saturated carbocycles. The third kappa shape index (κ3) is 2.72. The van der Waals surface area contributed by atoms with E-state index in [9.17, 15) is 4.79 Å². The first-order valence-electron chi connectivity index (χ1n) is 6.52. The Morgan fingerprint density at radius 1 is 1.60 bits per heavy atom. The monoisotopic (exact) mass is 294 g/mol. The fourth-order valence-electron chi connectivity index (χ4n) is 2.58. The number of nitrogens with two attached hydrogens (primary N) is 1. The van der Waals surface area contributed by atoms with Crippen LogP contribution in [0.5, 0.6) is 0 Å². The van der Waals surface area contributed by atoms with Crippen molar-refractivity contribution in [1.29, 1.82) is 5.41 Å². The summed E-state index contributed by atoms with van der Waals surface area (Å²) < 4.78 is 0. The maximum absolute atomic E-state index is 11.4. The molecule has 0 radical (unpaired) electrons. The third-order valence-electron chi connectivity index (χ3n) is 3.85. The number of nitrogens with zero attached hydrogens (tertiary/aromatic N) is 2. The Labute approximate surface area is 123 Å². The lowest BCUT2D eigenvalue weighted by molar-refractivity contribution is -0.129. The van der Waals surface area contributed by atoms with Crippen molar-refractivity contribution in [3.63, 3.8) is 0 Å². The molecule has 5 nitrogen and oxygen atoms in total. The summed E-state index contributed by atoms with van der Waals surface area (Å²) in [5, 5.41) is 8.09. The zero-order valence-corrected chi connectivity index (χ0v) is 12.4. The predicted molar refractivity (Wildman–Crippen MR) is 82.8 cm³/mol. The predicted octanol–water partition coefficient (Wildman–Crippen LogP) is 1.98. The van der Waals surface area contributed by atoms with Crippen LogP contribution in [-0.2, 0) is 4.79 Å². The maximum atomic E-state index is 11.4. The Kier molecular flexibility index (Phi) is 4.18. The molecule has 20 heavy (non-hydrogen) atoms. The molecular formula is C14H19ClN4O. The molecule has 1 atom stereocenters. The molecule has 1 aromatic rings. The molecule has 2 rings (SSSR count). The first-order valence-corrected chi connectivity index (χ1v) is 6.89. The summed E-state index contributed by atoms with van der Waals surface area (Å²) in [4.78, 5) is 15.3. The summed E-state index contributed by atoms with van der Waals surface area (Å²) in [6.07, 6.45) is 2.16. The number of amides is 1. The van der Waals surface area contributed by atoms with E-state index in [0.717, 1.165) is 25.2 Å². The van der Waals surface area contributed by atoms with Gasteiger partial charge in [0.2, 0.25) is 5.91 Å². The number of halogens is 1. The van der Waals surface area contributed by atoms with E-state index in [-0.39, 0.29) is 11.9 Å². The molecular weight excluding hydrogens is 276 g/mol. The van der Waals surface area contributed by atoms with Gasteiger partial charge in [0, 0.05) is 55.2 Å². The van der Waals surface area contributed by atoms with Gasteiger partial charge in [0.05, 0.1) is 6.04 Å². The van der Waals surface area contributed by atoms with Crippen molar-refractivity contribution in [2.45, 2.75) is 19.4 Å². The van der Waals surface area contributed by atoms with Crippen LogP contribution in [0.25, 0.3) is 0 Å². The Morgan fingerprint density at radius 2 is 2.30 bits per heavy atom. The van der Waals surface area contributed by atoms with Gasteiger partial charge in [0.1, 0.15) is 0 Å². The topological polar surface area (TPSA) is 73.4 Å². The van der Waals surface area contributed by atoms with Crippen molar-refractivity contribution in [3.05, 3.63) is 22.7 Å². The van der Waals surface area contributed by atoms with Gasteiger partial charge in [-0.1, -0.05) is 11.6 Å². The molecule has 1 fully saturated rings. The van der Waals surface area contributed by atoms with Gasteiger partial charge >= 0.3 is 0 Å². The zero-order chi connectivity index (χ0) is 14.9. The number of nitrogen functional groups attached to an aromatic ring is 1. The van der Waals surface area contributed by atoms with Gasteiger partial charge in [-0.05, 0) is 18.6 Å². The maximum Gasteiger partial charge on any atom is 0.219 e. The van der Waals surface area contributed by atoms with Crippen molar-refractivity contribution in [3.8, 4) is 0 Å². The number of nitrogens with one attached hydrogen (secondary N) is 1. The highest BCUT2D eigenvalue weighted by atomic mass is 35.5. The largest absolute Gasteiger partial charge is 0.398 e. The lowest BCUT2D eigenvalue weighted by atomic mass is 10.1. The fourth-order valence-corrected chi connectivity index (χ4v) is 2.80. The van der Waals surface area contributed by atoms with Gasteiger partial charge in [-0.3, -0.25) is 4.79 Å². The Hall–Kier alpha value is -1.75. The molecule has 1 aliphatic rings. The van der Waals surface area contributed by atoms with E-state index in [2.05, 4.69) is 4.90 Å². The Morgan fingerprint density at radius 3 is 2.90 bits per heavy atom. The summed E-state index contributed by atoms with van der Waals surface area (Å²) in [5.74, 6) is 0.0646. The average Bonchev–Trinajstić information content (AvgIpc) is 2.86. The number of benzene rings is 1. The third-order valence-corrected chi connectivity index (χ3v) is 4.07. The van der Waals surface area contributed by atoms with E-state index in [0.29, 0.717) is 16.3 Å². The molecule has 108 valence electrons.